The molecule has 1 aliphatic rings. The molecule has 116 valence electrons. The number of nitro groups is 1. The fourth-order valence-electron chi connectivity index (χ4n) is 2.82. The van der Waals surface area contributed by atoms with Crippen molar-refractivity contribution in [1.82, 2.24) is 10.2 Å². The van der Waals surface area contributed by atoms with Crippen molar-refractivity contribution in [1.29, 1.82) is 0 Å². The third-order valence-electron chi connectivity index (χ3n) is 4.02. The van der Waals surface area contributed by atoms with Gasteiger partial charge in [-0.15, -0.1) is 0 Å². The van der Waals surface area contributed by atoms with Gasteiger partial charge in [-0.1, -0.05) is 25.5 Å². The van der Waals surface area contributed by atoms with Gasteiger partial charge in [0, 0.05) is 31.3 Å². The molecule has 2 rings (SSSR count). The second-order valence-corrected chi connectivity index (χ2v) is 5.81. The molecule has 1 aliphatic heterocycles. The van der Waals surface area contributed by atoms with Crippen molar-refractivity contribution >= 4 is 5.69 Å². The van der Waals surface area contributed by atoms with Crippen LogP contribution in [0.1, 0.15) is 38.2 Å². The van der Waals surface area contributed by atoms with Gasteiger partial charge in [-0.3, -0.25) is 15.0 Å². The summed E-state index contributed by atoms with van der Waals surface area (Å²) in [6.45, 7) is 6.36. The monoisotopic (exact) mass is 291 g/mol. The normalized spacial score (nSPS) is 18.3. The molecule has 0 saturated carbocycles. The molecule has 0 radical (unpaired) electrons. The van der Waals surface area contributed by atoms with E-state index in [0.29, 0.717) is 6.04 Å². The van der Waals surface area contributed by atoms with Crippen LogP contribution >= 0.6 is 0 Å². The summed E-state index contributed by atoms with van der Waals surface area (Å²) in [6.07, 6.45) is 4.90. The Bertz CT molecular complexity index is 441. The molecule has 0 aromatic heterocycles. The highest BCUT2D eigenvalue weighted by atomic mass is 16.6. The molecular formula is C16H25N3O2. The van der Waals surface area contributed by atoms with Gasteiger partial charge in [-0.25, -0.2) is 0 Å². The minimum atomic E-state index is -0.346. The molecule has 0 amide bonds. The van der Waals surface area contributed by atoms with Crippen LogP contribution in [0.25, 0.3) is 0 Å². The SMILES string of the molecule is CCCCN(Cc1ccc([N+](=O)[O-])cc1)CC1CCCN1. The molecule has 1 unspecified atom stereocenters. The lowest BCUT2D eigenvalue weighted by atomic mass is 10.1. The summed E-state index contributed by atoms with van der Waals surface area (Å²) >= 11 is 0. The molecule has 5 heteroatoms. The average molecular weight is 291 g/mol. The van der Waals surface area contributed by atoms with Crippen LogP contribution in [0.15, 0.2) is 24.3 Å². The fraction of sp³-hybridized carbons (Fsp3) is 0.625. The van der Waals surface area contributed by atoms with E-state index >= 15 is 0 Å². The van der Waals surface area contributed by atoms with Crippen molar-refractivity contribution in [3.8, 4) is 0 Å². The topological polar surface area (TPSA) is 58.4 Å². The van der Waals surface area contributed by atoms with Crippen LogP contribution in [0.2, 0.25) is 0 Å². The first-order valence-electron chi connectivity index (χ1n) is 7.88. The third-order valence-corrected chi connectivity index (χ3v) is 4.02. The fourth-order valence-corrected chi connectivity index (χ4v) is 2.82. The summed E-state index contributed by atoms with van der Waals surface area (Å²) in [6, 6.07) is 7.54. The van der Waals surface area contributed by atoms with E-state index in [2.05, 4.69) is 17.1 Å². The van der Waals surface area contributed by atoms with E-state index in [1.165, 1.54) is 25.7 Å². The quantitative estimate of drug-likeness (QED) is 0.591. The highest BCUT2D eigenvalue weighted by molar-refractivity contribution is 5.32. The number of hydrogen-bond acceptors (Lipinski definition) is 4. The van der Waals surface area contributed by atoms with E-state index in [0.717, 1.165) is 31.7 Å². The number of benzene rings is 1. The Morgan fingerprint density at radius 2 is 2.14 bits per heavy atom. The number of nitrogens with one attached hydrogen (secondary N) is 1. The Morgan fingerprint density at radius 1 is 1.38 bits per heavy atom. The molecule has 1 heterocycles. The van der Waals surface area contributed by atoms with Crippen LogP contribution in [-0.4, -0.2) is 35.5 Å². The van der Waals surface area contributed by atoms with Crippen LogP contribution in [0, 0.1) is 10.1 Å². The average Bonchev–Trinajstić information content (AvgIpc) is 2.98. The van der Waals surface area contributed by atoms with Gasteiger partial charge in [0.05, 0.1) is 4.92 Å². The van der Waals surface area contributed by atoms with Gasteiger partial charge < -0.3 is 5.32 Å². The summed E-state index contributed by atoms with van der Waals surface area (Å²) in [7, 11) is 0. The van der Waals surface area contributed by atoms with Crippen LogP contribution in [0.3, 0.4) is 0 Å². The van der Waals surface area contributed by atoms with Crippen LogP contribution in [0.5, 0.6) is 0 Å². The minimum absolute atomic E-state index is 0.163. The molecule has 0 spiro atoms. The standard InChI is InChI=1S/C16H25N3O2/c1-2-3-11-18(13-15-5-4-10-17-15)12-14-6-8-16(9-7-14)19(20)21/h6-9,15,17H,2-5,10-13H2,1H3. The van der Waals surface area contributed by atoms with E-state index in [1.807, 2.05) is 12.1 Å². The summed E-state index contributed by atoms with van der Waals surface area (Å²) < 4.78 is 0. The van der Waals surface area contributed by atoms with Crippen molar-refractivity contribution in [3.63, 3.8) is 0 Å². The van der Waals surface area contributed by atoms with Gasteiger partial charge in [-0.2, -0.15) is 0 Å². The van der Waals surface area contributed by atoms with Crippen molar-refractivity contribution in [2.75, 3.05) is 19.6 Å². The molecule has 21 heavy (non-hydrogen) atoms. The highest BCUT2D eigenvalue weighted by Crippen LogP contribution is 2.15. The molecule has 1 aromatic rings. The molecule has 1 N–H and O–H groups in total. The number of nitro benzene ring substituents is 1. The molecule has 0 aliphatic carbocycles. The largest absolute Gasteiger partial charge is 0.313 e. The third kappa shape index (κ3) is 5.10. The maximum atomic E-state index is 10.7. The Hall–Kier alpha value is -1.46. The number of unbranched alkanes of at least 4 members (excludes halogenated alkanes) is 1. The summed E-state index contributed by atoms with van der Waals surface area (Å²) in [5, 5.41) is 14.2. The maximum Gasteiger partial charge on any atom is 0.269 e. The first kappa shape index (κ1) is 15.9. The first-order valence-corrected chi connectivity index (χ1v) is 7.88. The summed E-state index contributed by atoms with van der Waals surface area (Å²) in [5.74, 6) is 0. The Morgan fingerprint density at radius 3 is 2.71 bits per heavy atom. The molecule has 1 aromatic carbocycles. The number of rotatable bonds is 8. The number of hydrogen-bond donors (Lipinski definition) is 1. The van der Waals surface area contributed by atoms with E-state index in [1.54, 1.807) is 12.1 Å². The van der Waals surface area contributed by atoms with Gasteiger partial charge >= 0.3 is 0 Å². The predicted molar refractivity (Wildman–Crippen MR) is 84.3 cm³/mol. The lowest BCUT2D eigenvalue weighted by Gasteiger charge is -2.25. The molecule has 1 saturated heterocycles. The maximum absolute atomic E-state index is 10.7. The molecular weight excluding hydrogens is 266 g/mol. The van der Waals surface area contributed by atoms with Crippen LogP contribution in [0.4, 0.5) is 5.69 Å². The Balaban J connectivity index is 1.94. The van der Waals surface area contributed by atoms with Crippen LogP contribution in [-0.2, 0) is 6.54 Å². The molecule has 0 bridgehead atoms. The second-order valence-electron chi connectivity index (χ2n) is 5.81. The van der Waals surface area contributed by atoms with Gasteiger partial charge in [0.1, 0.15) is 0 Å². The zero-order chi connectivity index (χ0) is 15.1. The smallest absolute Gasteiger partial charge is 0.269 e. The van der Waals surface area contributed by atoms with Gasteiger partial charge in [0.25, 0.3) is 5.69 Å². The Kier molecular flexibility index (Phi) is 6.14. The molecule has 5 nitrogen and oxygen atoms in total. The minimum Gasteiger partial charge on any atom is -0.313 e. The summed E-state index contributed by atoms with van der Waals surface area (Å²) in [5.41, 5.74) is 1.31. The van der Waals surface area contributed by atoms with Crippen molar-refractivity contribution in [3.05, 3.63) is 39.9 Å². The first-order chi connectivity index (χ1) is 10.2. The second kappa shape index (κ2) is 8.10. The van der Waals surface area contributed by atoms with Gasteiger partial charge in [0.15, 0.2) is 0 Å². The van der Waals surface area contributed by atoms with Gasteiger partial charge in [-0.05, 0) is 37.9 Å². The zero-order valence-electron chi connectivity index (χ0n) is 12.8. The lowest BCUT2D eigenvalue weighted by molar-refractivity contribution is -0.384. The van der Waals surface area contributed by atoms with E-state index in [-0.39, 0.29) is 10.6 Å². The zero-order valence-corrected chi connectivity index (χ0v) is 12.8. The summed E-state index contributed by atoms with van der Waals surface area (Å²) in [4.78, 5) is 12.8. The predicted octanol–water partition coefficient (Wildman–Crippen LogP) is 2.95. The highest BCUT2D eigenvalue weighted by Gasteiger charge is 2.18. The van der Waals surface area contributed by atoms with Crippen molar-refractivity contribution < 1.29 is 4.92 Å². The van der Waals surface area contributed by atoms with Crippen molar-refractivity contribution in [2.45, 2.75) is 45.2 Å². The van der Waals surface area contributed by atoms with E-state index in [4.69, 9.17) is 0 Å². The van der Waals surface area contributed by atoms with Crippen LogP contribution < -0.4 is 5.32 Å². The Labute approximate surface area is 126 Å². The lowest BCUT2D eigenvalue weighted by Crippen LogP contribution is -2.37. The number of non-ortho nitro benzene ring substituents is 1. The van der Waals surface area contributed by atoms with E-state index < -0.39 is 0 Å². The molecule has 1 fully saturated rings. The van der Waals surface area contributed by atoms with E-state index in [9.17, 15) is 10.1 Å². The number of nitrogens with zero attached hydrogens (tertiary/aromatic N) is 2. The van der Waals surface area contributed by atoms with Gasteiger partial charge in [0.2, 0.25) is 0 Å². The van der Waals surface area contributed by atoms with Crippen molar-refractivity contribution in [2.24, 2.45) is 0 Å². The molecule has 1 atom stereocenters.